The van der Waals surface area contributed by atoms with Crippen LogP contribution in [0.3, 0.4) is 0 Å². The van der Waals surface area contributed by atoms with Crippen LogP contribution in [0.1, 0.15) is 36.7 Å². The number of esters is 1. The molecule has 0 aliphatic carbocycles. The molecule has 3 N–H and O–H groups in total. The SMILES string of the molecule is COC(=O)c1ccc(CN=C(N)NC(C)(C)C)cc1OC. The molecule has 6 nitrogen and oxygen atoms in total. The Morgan fingerprint density at radius 2 is 2.00 bits per heavy atom. The summed E-state index contributed by atoms with van der Waals surface area (Å²) in [5.41, 5.74) is 6.94. The second-order valence-electron chi connectivity index (χ2n) is 5.60. The number of carbonyl (C=O) groups is 1. The van der Waals surface area contributed by atoms with Gasteiger partial charge in [-0.1, -0.05) is 6.07 Å². The topological polar surface area (TPSA) is 85.9 Å². The fourth-order valence-electron chi connectivity index (χ4n) is 1.71. The van der Waals surface area contributed by atoms with Gasteiger partial charge in [-0.15, -0.1) is 0 Å². The van der Waals surface area contributed by atoms with Crippen molar-refractivity contribution in [3.63, 3.8) is 0 Å². The Kier molecular flexibility index (Phi) is 5.58. The van der Waals surface area contributed by atoms with Crippen LogP contribution in [0.2, 0.25) is 0 Å². The van der Waals surface area contributed by atoms with Crippen molar-refractivity contribution in [1.82, 2.24) is 5.32 Å². The smallest absolute Gasteiger partial charge is 0.341 e. The summed E-state index contributed by atoms with van der Waals surface area (Å²) in [5, 5.41) is 3.08. The molecule has 0 aliphatic rings. The molecule has 0 amide bonds. The van der Waals surface area contributed by atoms with Gasteiger partial charge in [-0.3, -0.25) is 0 Å². The number of nitrogens with one attached hydrogen (secondary N) is 1. The maximum atomic E-state index is 11.6. The molecule has 1 rings (SSSR count). The average molecular weight is 293 g/mol. The molecule has 0 saturated heterocycles. The summed E-state index contributed by atoms with van der Waals surface area (Å²) in [4.78, 5) is 15.8. The summed E-state index contributed by atoms with van der Waals surface area (Å²) >= 11 is 0. The molecule has 0 aliphatic heterocycles. The lowest BCUT2D eigenvalue weighted by Gasteiger charge is -2.21. The highest BCUT2D eigenvalue weighted by Crippen LogP contribution is 2.21. The monoisotopic (exact) mass is 293 g/mol. The van der Waals surface area contributed by atoms with Gasteiger partial charge in [-0.2, -0.15) is 0 Å². The maximum absolute atomic E-state index is 11.6. The van der Waals surface area contributed by atoms with E-state index in [4.69, 9.17) is 15.2 Å². The average Bonchev–Trinajstić information content (AvgIpc) is 2.42. The normalized spacial score (nSPS) is 12.0. The molecule has 6 heteroatoms. The Morgan fingerprint density at radius 1 is 1.33 bits per heavy atom. The van der Waals surface area contributed by atoms with Crippen molar-refractivity contribution in [2.24, 2.45) is 10.7 Å². The molecule has 0 bridgehead atoms. The lowest BCUT2D eigenvalue weighted by molar-refractivity contribution is 0.0597. The maximum Gasteiger partial charge on any atom is 0.341 e. The molecule has 0 atom stereocenters. The highest BCUT2D eigenvalue weighted by Gasteiger charge is 2.13. The summed E-state index contributed by atoms with van der Waals surface area (Å²) in [7, 11) is 2.84. The van der Waals surface area contributed by atoms with Gasteiger partial charge in [0.1, 0.15) is 11.3 Å². The van der Waals surface area contributed by atoms with E-state index in [2.05, 4.69) is 10.3 Å². The quantitative estimate of drug-likeness (QED) is 0.501. The third kappa shape index (κ3) is 5.33. The standard InChI is InChI=1S/C15H23N3O3/c1-15(2,3)18-14(16)17-9-10-6-7-11(13(19)21-5)12(8-10)20-4/h6-8H,9H2,1-5H3,(H3,16,17,18). The second kappa shape index (κ2) is 6.97. The second-order valence-corrected chi connectivity index (χ2v) is 5.60. The summed E-state index contributed by atoms with van der Waals surface area (Å²) < 4.78 is 9.90. The van der Waals surface area contributed by atoms with Gasteiger partial charge in [0.25, 0.3) is 0 Å². The van der Waals surface area contributed by atoms with Crippen molar-refractivity contribution >= 4 is 11.9 Å². The van der Waals surface area contributed by atoms with Crippen LogP contribution in [0.15, 0.2) is 23.2 Å². The lowest BCUT2D eigenvalue weighted by atomic mass is 10.1. The zero-order chi connectivity index (χ0) is 16.0. The lowest BCUT2D eigenvalue weighted by Crippen LogP contribution is -2.44. The molecule has 0 spiro atoms. The number of hydrogen-bond acceptors (Lipinski definition) is 4. The molecule has 1 aromatic carbocycles. The largest absolute Gasteiger partial charge is 0.496 e. The van der Waals surface area contributed by atoms with E-state index < -0.39 is 5.97 Å². The minimum Gasteiger partial charge on any atom is -0.496 e. The van der Waals surface area contributed by atoms with Gasteiger partial charge in [0, 0.05) is 5.54 Å². The zero-order valence-electron chi connectivity index (χ0n) is 13.2. The van der Waals surface area contributed by atoms with Crippen LogP contribution in [-0.2, 0) is 11.3 Å². The fourth-order valence-corrected chi connectivity index (χ4v) is 1.71. The van der Waals surface area contributed by atoms with Gasteiger partial charge < -0.3 is 20.5 Å². The van der Waals surface area contributed by atoms with Gasteiger partial charge in [0.15, 0.2) is 5.96 Å². The van der Waals surface area contributed by atoms with Crippen LogP contribution < -0.4 is 15.8 Å². The summed E-state index contributed by atoms with van der Waals surface area (Å²) in [6, 6.07) is 5.20. The van der Waals surface area contributed by atoms with E-state index in [0.29, 0.717) is 23.8 Å². The van der Waals surface area contributed by atoms with Gasteiger partial charge in [-0.05, 0) is 38.5 Å². The van der Waals surface area contributed by atoms with Crippen LogP contribution >= 0.6 is 0 Å². The van der Waals surface area contributed by atoms with E-state index in [1.54, 1.807) is 18.2 Å². The number of methoxy groups -OCH3 is 2. The number of ether oxygens (including phenoxy) is 2. The molecule has 1 aromatic rings. The molecular formula is C15H23N3O3. The Balaban J connectivity index is 2.86. The zero-order valence-corrected chi connectivity index (χ0v) is 13.2. The van der Waals surface area contributed by atoms with Crippen molar-refractivity contribution in [3.05, 3.63) is 29.3 Å². The van der Waals surface area contributed by atoms with Gasteiger partial charge in [0.05, 0.1) is 20.8 Å². The number of nitrogens with zero attached hydrogens (tertiary/aromatic N) is 1. The Labute approximate surface area is 125 Å². The van der Waals surface area contributed by atoms with Crippen molar-refractivity contribution in [1.29, 1.82) is 0 Å². The number of carbonyl (C=O) groups excluding carboxylic acids is 1. The molecule has 21 heavy (non-hydrogen) atoms. The molecule has 0 aromatic heterocycles. The Bertz CT molecular complexity index is 533. The minimum atomic E-state index is -0.434. The van der Waals surface area contributed by atoms with Crippen LogP contribution in [0, 0.1) is 0 Å². The first-order valence-electron chi connectivity index (χ1n) is 6.60. The van der Waals surface area contributed by atoms with E-state index in [0.717, 1.165) is 5.56 Å². The van der Waals surface area contributed by atoms with Crippen LogP contribution in [0.25, 0.3) is 0 Å². The van der Waals surface area contributed by atoms with E-state index in [1.165, 1.54) is 14.2 Å². The molecule has 0 unspecified atom stereocenters. The summed E-state index contributed by atoms with van der Waals surface area (Å²) in [5.74, 6) is 0.395. The molecule has 0 saturated carbocycles. The first kappa shape index (κ1) is 16.8. The molecular weight excluding hydrogens is 270 g/mol. The first-order chi connectivity index (χ1) is 9.76. The summed E-state index contributed by atoms with van der Waals surface area (Å²) in [6.45, 7) is 6.41. The van der Waals surface area contributed by atoms with Gasteiger partial charge in [0.2, 0.25) is 0 Å². The summed E-state index contributed by atoms with van der Waals surface area (Å²) in [6.07, 6.45) is 0. The van der Waals surface area contributed by atoms with E-state index in [-0.39, 0.29) is 5.54 Å². The third-order valence-electron chi connectivity index (χ3n) is 2.61. The molecule has 0 radical (unpaired) electrons. The number of rotatable bonds is 4. The van der Waals surface area contributed by atoms with Crippen LogP contribution in [0.5, 0.6) is 5.75 Å². The number of nitrogens with two attached hydrogens (primary N) is 1. The molecule has 0 fully saturated rings. The predicted molar refractivity (Wildman–Crippen MR) is 82.5 cm³/mol. The fraction of sp³-hybridized carbons (Fsp3) is 0.467. The molecule has 116 valence electrons. The Hall–Kier alpha value is -2.24. The van der Waals surface area contributed by atoms with E-state index in [1.807, 2.05) is 20.8 Å². The highest BCUT2D eigenvalue weighted by atomic mass is 16.5. The van der Waals surface area contributed by atoms with Gasteiger partial charge >= 0.3 is 5.97 Å². The number of benzene rings is 1. The van der Waals surface area contributed by atoms with Crippen LogP contribution in [0.4, 0.5) is 0 Å². The van der Waals surface area contributed by atoms with Crippen molar-refractivity contribution in [2.45, 2.75) is 32.9 Å². The Morgan fingerprint density at radius 3 is 2.52 bits per heavy atom. The predicted octanol–water partition coefficient (Wildman–Crippen LogP) is 1.68. The third-order valence-corrected chi connectivity index (χ3v) is 2.61. The first-order valence-corrected chi connectivity index (χ1v) is 6.60. The van der Waals surface area contributed by atoms with E-state index >= 15 is 0 Å². The number of hydrogen-bond donors (Lipinski definition) is 2. The molecule has 0 heterocycles. The van der Waals surface area contributed by atoms with Crippen molar-refractivity contribution in [2.75, 3.05) is 14.2 Å². The van der Waals surface area contributed by atoms with Crippen molar-refractivity contribution < 1.29 is 14.3 Å². The number of guanidine groups is 1. The van der Waals surface area contributed by atoms with Crippen molar-refractivity contribution in [3.8, 4) is 5.75 Å². The van der Waals surface area contributed by atoms with Gasteiger partial charge in [-0.25, -0.2) is 9.79 Å². The highest BCUT2D eigenvalue weighted by molar-refractivity contribution is 5.92. The number of aliphatic imine (C=N–C) groups is 1. The van der Waals surface area contributed by atoms with Crippen LogP contribution in [-0.4, -0.2) is 31.7 Å². The minimum absolute atomic E-state index is 0.139. The van der Waals surface area contributed by atoms with E-state index in [9.17, 15) is 4.79 Å².